The van der Waals surface area contributed by atoms with Gasteiger partial charge in [-0.1, -0.05) is 23.7 Å². The number of pyridine rings is 1. The molecule has 3 aromatic rings. The highest BCUT2D eigenvalue weighted by atomic mass is 35.5. The minimum absolute atomic E-state index is 0.00455. The summed E-state index contributed by atoms with van der Waals surface area (Å²) < 4.78 is 1.99. The molecule has 0 spiro atoms. The highest BCUT2D eigenvalue weighted by molar-refractivity contribution is 7.80. The molecule has 0 atom stereocenters. The van der Waals surface area contributed by atoms with Crippen molar-refractivity contribution < 1.29 is 9.59 Å². The maximum atomic E-state index is 13.4. The van der Waals surface area contributed by atoms with Crippen LogP contribution in [0.15, 0.2) is 48.2 Å². The third-order valence-corrected chi connectivity index (χ3v) is 6.17. The summed E-state index contributed by atoms with van der Waals surface area (Å²) in [6, 6.07) is 11.1. The molecule has 0 radical (unpaired) electrons. The van der Waals surface area contributed by atoms with Crippen molar-refractivity contribution in [2.24, 2.45) is 0 Å². The third kappa shape index (κ3) is 3.74. The minimum Gasteiger partial charge on any atom is -0.303 e. The number of aryl methyl sites for hydroxylation is 2. The lowest BCUT2D eigenvalue weighted by atomic mass is 10.1. The first kappa shape index (κ1) is 21.9. The Kier molecular flexibility index (Phi) is 5.71. The monoisotopic (exact) mass is 464 g/mol. The lowest BCUT2D eigenvalue weighted by molar-refractivity contribution is -0.122. The SMILES string of the molecule is Cc1ccc(-n2c(C)cc(/C=C3\C(=O)NC(=S)N(c4cccc(Cl)c4C)C3=O)c2C)nc1. The van der Waals surface area contributed by atoms with Gasteiger partial charge in [-0.15, -0.1) is 0 Å². The minimum atomic E-state index is -0.533. The molecule has 0 aliphatic carbocycles. The van der Waals surface area contributed by atoms with Crippen LogP contribution in [0.3, 0.4) is 0 Å². The molecule has 1 aromatic carbocycles. The van der Waals surface area contributed by atoms with E-state index in [0.29, 0.717) is 16.3 Å². The van der Waals surface area contributed by atoms with Gasteiger partial charge < -0.3 is 4.57 Å². The van der Waals surface area contributed by atoms with Crippen LogP contribution in [0.5, 0.6) is 0 Å². The summed E-state index contributed by atoms with van der Waals surface area (Å²) in [4.78, 5) is 31.9. The van der Waals surface area contributed by atoms with Crippen LogP contribution >= 0.6 is 23.8 Å². The zero-order valence-electron chi connectivity index (χ0n) is 18.1. The Morgan fingerprint density at radius 3 is 2.53 bits per heavy atom. The molecule has 1 saturated heterocycles. The Morgan fingerprint density at radius 1 is 1.09 bits per heavy atom. The van der Waals surface area contributed by atoms with E-state index in [1.54, 1.807) is 37.4 Å². The Labute approximate surface area is 196 Å². The number of anilines is 1. The van der Waals surface area contributed by atoms with Crippen LogP contribution in [-0.4, -0.2) is 26.5 Å². The first-order valence-corrected chi connectivity index (χ1v) is 10.8. The number of halogens is 1. The lowest BCUT2D eigenvalue weighted by Gasteiger charge is -2.30. The van der Waals surface area contributed by atoms with Gasteiger partial charge >= 0.3 is 0 Å². The van der Waals surface area contributed by atoms with Gasteiger partial charge in [-0.05, 0) is 86.9 Å². The van der Waals surface area contributed by atoms with Crippen molar-refractivity contribution in [2.45, 2.75) is 27.7 Å². The fourth-order valence-electron chi connectivity index (χ4n) is 3.75. The molecular formula is C24H21ClN4O2S. The van der Waals surface area contributed by atoms with E-state index in [9.17, 15) is 9.59 Å². The standard InChI is InChI=1S/C24H21ClN4O2S/c1-13-8-9-21(26-12-13)28-14(2)10-17(16(28)4)11-18-22(30)27-24(32)29(23(18)31)20-7-5-6-19(25)15(20)3/h5-12H,1-4H3,(H,27,30,32)/b18-11+. The maximum Gasteiger partial charge on any atom is 0.270 e. The van der Waals surface area contributed by atoms with E-state index in [2.05, 4.69) is 10.3 Å². The van der Waals surface area contributed by atoms with Crippen molar-refractivity contribution in [3.63, 3.8) is 0 Å². The van der Waals surface area contributed by atoms with Crippen LogP contribution in [0.2, 0.25) is 5.02 Å². The normalized spacial score (nSPS) is 15.5. The lowest BCUT2D eigenvalue weighted by Crippen LogP contribution is -2.54. The van der Waals surface area contributed by atoms with E-state index < -0.39 is 11.8 Å². The second kappa shape index (κ2) is 8.33. The summed E-state index contributed by atoms with van der Waals surface area (Å²) in [5.74, 6) is -0.261. The first-order valence-electron chi connectivity index (χ1n) is 9.97. The van der Waals surface area contributed by atoms with Gasteiger partial charge in [0, 0.05) is 22.6 Å². The molecule has 8 heteroatoms. The number of rotatable bonds is 3. The molecule has 0 bridgehead atoms. The largest absolute Gasteiger partial charge is 0.303 e. The fraction of sp³-hybridized carbons (Fsp3) is 0.167. The fourth-order valence-corrected chi connectivity index (χ4v) is 4.19. The van der Waals surface area contributed by atoms with Gasteiger partial charge in [0.15, 0.2) is 5.11 Å². The molecule has 1 aliphatic heterocycles. The van der Waals surface area contributed by atoms with Crippen LogP contribution in [-0.2, 0) is 9.59 Å². The number of carbonyl (C=O) groups is 2. The van der Waals surface area contributed by atoms with Gasteiger partial charge in [-0.3, -0.25) is 19.8 Å². The number of thiocarbonyl (C=S) groups is 1. The molecule has 2 aromatic heterocycles. The molecule has 32 heavy (non-hydrogen) atoms. The number of hydrogen-bond donors (Lipinski definition) is 1. The predicted molar refractivity (Wildman–Crippen MR) is 130 cm³/mol. The van der Waals surface area contributed by atoms with Crippen molar-refractivity contribution in [3.05, 3.63) is 81.3 Å². The summed E-state index contributed by atoms with van der Waals surface area (Å²) >= 11 is 11.5. The quantitative estimate of drug-likeness (QED) is 0.349. The van der Waals surface area contributed by atoms with Crippen molar-refractivity contribution in [1.82, 2.24) is 14.9 Å². The topological polar surface area (TPSA) is 67.2 Å². The molecule has 162 valence electrons. The first-order chi connectivity index (χ1) is 15.2. The third-order valence-electron chi connectivity index (χ3n) is 5.48. The number of amides is 2. The molecule has 2 amide bonds. The molecule has 1 aliphatic rings. The highest BCUT2D eigenvalue weighted by Gasteiger charge is 2.35. The highest BCUT2D eigenvalue weighted by Crippen LogP contribution is 2.30. The molecule has 3 heterocycles. The summed E-state index contributed by atoms with van der Waals surface area (Å²) in [6.07, 6.45) is 3.40. The Balaban J connectivity index is 1.78. The van der Waals surface area contributed by atoms with E-state index >= 15 is 0 Å². The average Bonchev–Trinajstić information content (AvgIpc) is 3.02. The molecule has 4 rings (SSSR count). The van der Waals surface area contributed by atoms with E-state index in [-0.39, 0.29) is 10.7 Å². The molecule has 0 saturated carbocycles. The molecule has 1 fully saturated rings. The van der Waals surface area contributed by atoms with Crippen LogP contribution in [0, 0.1) is 27.7 Å². The van der Waals surface area contributed by atoms with E-state index in [1.807, 2.05) is 43.5 Å². The predicted octanol–water partition coefficient (Wildman–Crippen LogP) is 4.59. The van der Waals surface area contributed by atoms with Gasteiger partial charge in [-0.25, -0.2) is 4.98 Å². The summed E-state index contributed by atoms with van der Waals surface area (Å²) in [7, 11) is 0. The Hall–Kier alpha value is -3.29. The van der Waals surface area contributed by atoms with Crippen molar-refractivity contribution in [2.75, 3.05) is 4.90 Å². The molecule has 6 nitrogen and oxygen atoms in total. The second-order valence-corrected chi connectivity index (χ2v) is 8.49. The maximum absolute atomic E-state index is 13.4. The van der Waals surface area contributed by atoms with E-state index in [0.717, 1.165) is 28.3 Å². The van der Waals surface area contributed by atoms with Crippen LogP contribution in [0.4, 0.5) is 5.69 Å². The summed E-state index contributed by atoms with van der Waals surface area (Å²) in [5.41, 5.74) is 4.85. The van der Waals surface area contributed by atoms with Crippen molar-refractivity contribution >= 4 is 52.5 Å². The number of carbonyl (C=O) groups excluding carboxylic acids is 2. The van der Waals surface area contributed by atoms with Crippen LogP contribution < -0.4 is 10.2 Å². The van der Waals surface area contributed by atoms with Gasteiger partial charge in [0.1, 0.15) is 11.4 Å². The molecule has 0 unspecified atom stereocenters. The van der Waals surface area contributed by atoms with Gasteiger partial charge in [0.25, 0.3) is 11.8 Å². The molecular weight excluding hydrogens is 444 g/mol. The zero-order valence-corrected chi connectivity index (χ0v) is 19.6. The van der Waals surface area contributed by atoms with Crippen molar-refractivity contribution in [1.29, 1.82) is 0 Å². The number of nitrogens with one attached hydrogen (secondary N) is 1. The van der Waals surface area contributed by atoms with Crippen LogP contribution in [0.1, 0.15) is 28.1 Å². The smallest absolute Gasteiger partial charge is 0.270 e. The summed E-state index contributed by atoms with van der Waals surface area (Å²) in [6.45, 7) is 7.66. The average molecular weight is 465 g/mol. The van der Waals surface area contributed by atoms with E-state index in [1.165, 1.54) is 4.90 Å². The number of aromatic nitrogens is 2. The van der Waals surface area contributed by atoms with Crippen LogP contribution in [0.25, 0.3) is 11.9 Å². The van der Waals surface area contributed by atoms with Gasteiger partial charge in [0.05, 0.1) is 5.69 Å². The van der Waals surface area contributed by atoms with E-state index in [4.69, 9.17) is 23.8 Å². The zero-order chi connectivity index (χ0) is 23.2. The molecule has 1 N–H and O–H groups in total. The van der Waals surface area contributed by atoms with Crippen molar-refractivity contribution in [3.8, 4) is 5.82 Å². The Morgan fingerprint density at radius 2 is 1.84 bits per heavy atom. The van der Waals surface area contributed by atoms with Gasteiger partial charge in [0.2, 0.25) is 0 Å². The second-order valence-electron chi connectivity index (χ2n) is 7.70. The summed E-state index contributed by atoms with van der Waals surface area (Å²) in [5, 5.41) is 3.15. The number of nitrogens with zero attached hydrogens (tertiary/aromatic N) is 3. The Bertz CT molecular complexity index is 1310. The van der Waals surface area contributed by atoms with Gasteiger partial charge in [-0.2, -0.15) is 0 Å². The number of benzene rings is 1. The number of hydrogen-bond acceptors (Lipinski definition) is 4.